The van der Waals surface area contributed by atoms with E-state index in [1.54, 1.807) is 0 Å². The molecule has 0 aromatic carbocycles. The van der Waals surface area contributed by atoms with E-state index < -0.39 is 87.1 Å². The Balaban J connectivity index is 0.00000457. The van der Waals surface area contributed by atoms with Crippen LogP contribution in [0.3, 0.4) is 0 Å². The second-order valence-electron chi connectivity index (χ2n) is 16.8. The number of rotatable bonds is 31. The molecule has 29 heteroatoms. The number of esters is 9. The van der Waals surface area contributed by atoms with Crippen LogP contribution in [0.15, 0.2) is 0 Å². The second kappa shape index (κ2) is 42.2. The predicted octanol–water partition coefficient (Wildman–Crippen LogP) is -4.41. The Bertz CT molecular complexity index is 1690. The molecule has 4 aliphatic rings. The summed E-state index contributed by atoms with van der Waals surface area (Å²) in [6.07, 6.45) is 0.846. The smallest absolute Gasteiger partial charge is 0.344 e. The summed E-state index contributed by atoms with van der Waals surface area (Å²) < 4.78 is 44.6. The van der Waals surface area contributed by atoms with Crippen LogP contribution in [-0.4, -0.2) is 274 Å². The van der Waals surface area contributed by atoms with Gasteiger partial charge in [0.1, 0.15) is 13.2 Å². The first-order valence-electron chi connectivity index (χ1n) is 24.3. The molecule has 0 aliphatic carbocycles. The SMILES string of the molecule is C.I[I-]I.O=C(CCN1CCNCC1)OCOC(=O)CCN1CCN(CCC(=O)OCC(=O)OCCOC(=O)COC(=O)COC(=O)CCN2CCN(CCC(=O)OCOC(=O)CCN3CCNCC3)CC2)CC1. The molecule has 4 saturated heterocycles. The van der Waals surface area contributed by atoms with Crippen molar-refractivity contribution in [1.82, 2.24) is 40.0 Å². The van der Waals surface area contributed by atoms with Crippen LogP contribution in [0, 0.1) is 0 Å². The maximum atomic E-state index is 12.2. The molecule has 4 heterocycles. The molecule has 74 heavy (non-hydrogen) atoms. The van der Waals surface area contributed by atoms with Gasteiger partial charge in [0.25, 0.3) is 0 Å². The van der Waals surface area contributed by atoms with E-state index in [1.807, 2.05) is 0 Å². The van der Waals surface area contributed by atoms with E-state index in [2.05, 4.69) is 77.3 Å². The van der Waals surface area contributed by atoms with Crippen LogP contribution >= 0.6 is 37.2 Å². The summed E-state index contributed by atoms with van der Waals surface area (Å²) in [6.45, 7) is 11.8. The number of halogens is 3. The number of carbonyl (C=O) groups excluding carboxylic acids is 9. The van der Waals surface area contributed by atoms with Gasteiger partial charge in [0.15, 0.2) is 19.8 Å². The van der Waals surface area contributed by atoms with Crippen molar-refractivity contribution in [2.24, 2.45) is 0 Å². The van der Waals surface area contributed by atoms with E-state index in [0.717, 1.165) is 52.4 Å². The third-order valence-corrected chi connectivity index (χ3v) is 11.7. The zero-order chi connectivity index (χ0) is 52.9. The molecular formula is C45H76I3N8O18-. The van der Waals surface area contributed by atoms with Crippen LogP contribution in [0.4, 0.5) is 0 Å². The summed E-state index contributed by atoms with van der Waals surface area (Å²) in [5.74, 6) is -5.68. The minimum absolute atomic E-state index is 0. The molecule has 0 atom stereocenters. The van der Waals surface area contributed by atoms with Gasteiger partial charge in [-0.3, -0.25) is 28.8 Å². The van der Waals surface area contributed by atoms with Crippen molar-refractivity contribution in [3.63, 3.8) is 0 Å². The topological polar surface area (TPSA) is 280 Å². The predicted molar refractivity (Wildman–Crippen MR) is 276 cm³/mol. The van der Waals surface area contributed by atoms with Crippen LogP contribution in [0.5, 0.6) is 0 Å². The molecule has 0 aromatic heterocycles. The Labute approximate surface area is 463 Å². The van der Waals surface area contributed by atoms with Gasteiger partial charge in [-0.2, -0.15) is 0 Å². The maximum absolute atomic E-state index is 12.2. The van der Waals surface area contributed by atoms with E-state index in [1.165, 1.54) is 0 Å². The molecule has 426 valence electrons. The molecule has 4 rings (SSSR count). The van der Waals surface area contributed by atoms with Crippen LogP contribution < -0.4 is 23.9 Å². The van der Waals surface area contributed by atoms with Crippen molar-refractivity contribution < 1.29 is 99.0 Å². The monoisotopic (exact) mass is 1400 g/mol. The van der Waals surface area contributed by atoms with Crippen LogP contribution in [0.2, 0.25) is 0 Å². The normalized spacial score (nSPS) is 17.0. The number of nitrogens with zero attached hydrogens (tertiary/aromatic N) is 6. The number of hydrogen-bond acceptors (Lipinski definition) is 26. The van der Waals surface area contributed by atoms with Crippen molar-refractivity contribution in [2.75, 3.05) is 191 Å². The van der Waals surface area contributed by atoms with E-state index in [4.69, 9.17) is 42.6 Å². The molecule has 0 bridgehead atoms. The number of ether oxygens (including phenoxy) is 9. The van der Waals surface area contributed by atoms with Crippen LogP contribution in [0.25, 0.3) is 0 Å². The minimum Gasteiger partial charge on any atom is -0.460 e. The minimum atomic E-state index is -0.957. The number of piperazine rings is 4. The maximum Gasteiger partial charge on any atom is 0.344 e. The second-order valence-corrected chi connectivity index (χ2v) is 33.1. The molecule has 0 spiro atoms. The summed E-state index contributed by atoms with van der Waals surface area (Å²) in [7, 11) is 0. The van der Waals surface area contributed by atoms with Crippen molar-refractivity contribution in [3.05, 3.63) is 0 Å². The Hall–Kier alpha value is -2.90. The summed E-state index contributed by atoms with van der Waals surface area (Å²) in [5, 5.41) is 6.50. The molecule has 0 aromatic rings. The largest absolute Gasteiger partial charge is 0.460 e. The Morgan fingerprint density at radius 1 is 0.324 bits per heavy atom. The Morgan fingerprint density at radius 2 is 0.527 bits per heavy atom. The summed E-state index contributed by atoms with van der Waals surface area (Å²) in [6, 6.07) is 0. The first-order valence-corrected chi connectivity index (χ1v) is 36.9. The van der Waals surface area contributed by atoms with Crippen molar-refractivity contribution in [2.45, 2.75) is 46.0 Å². The fraction of sp³-hybridized carbons (Fsp3) is 0.800. The summed E-state index contributed by atoms with van der Waals surface area (Å²) >= 11 is 5.30. The molecule has 0 radical (unpaired) electrons. The fourth-order valence-electron chi connectivity index (χ4n) is 7.45. The molecule has 0 amide bonds. The Morgan fingerprint density at radius 3 is 0.784 bits per heavy atom. The Kier molecular flexibility index (Phi) is 38.3. The molecular weight excluding hydrogens is 1320 g/mol. The molecule has 4 aliphatic heterocycles. The first-order chi connectivity index (χ1) is 35.3. The van der Waals surface area contributed by atoms with Gasteiger partial charge in [-0.1, -0.05) is 7.43 Å². The van der Waals surface area contributed by atoms with Crippen molar-refractivity contribution in [3.8, 4) is 0 Å². The van der Waals surface area contributed by atoms with E-state index in [0.29, 0.717) is 105 Å². The molecule has 2 N–H and O–H groups in total. The standard InChI is InChI=1S/C44H72N8O18.CH4.I3/c53-36(1-13-49-21-25-51(26-22-49)15-5-40(57)69-34-67-38(55)3-11-47-17-7-45-8-18-47)64-31-42(59)62-29-30-63-43(60)32-66-44(61)33-65-37(54)2-14-50-23-27-52(28-24-50)16-6-41(58)70-35-68-39(56)4-12-48-19-9-46-10-20-48;;1-3-2/h45-46H,1-35H2;1H4;/q;;-1. The first kappa shape index (κ1) is 67.2. The van der Waals surface area contributed by atoms with Gasteiger partial charge >= 0.3 is 104 Å². The van der Waals surface area contributed by atoms with E-state index >= 15 is 0 Å². The van der Waals surface area contributed by atoms with E-state index in [-0.39, 0.29) is 59.2 Å². The van der Waals surface area contributed by atoms with Crippen molar-refractivity contribution >= 4 is 91.0 Å². The third kappa shape index (κ3) is 34.0. The average Bonchev–Trinajstić information content (AvgIpc) is 3.40. The van der Waals surface area contributed by atoms with Gasteiger partial charge in [0.2, 0.25) is 13.6 Å². The van der Waals surface area contributed by atoms with Gasteiger partial charge in [-0.15, -0.1) is 0 Å². The van der Waals surface area contributed by atoms with Gasteiger partial charge in [0, 0.05) is 144 Å². The summed E-state index contributed by atoms with van der Waals surface area (Å²) in [4.78, 5) is 121. The third-order valence-electron chi connectivity index (χ3n) is 11.7. The van der Waals surface area contributed by atoms with Crippen LogP contribution in [-0.2, 0) is 85.8 Å². The number of nitrogens with one attached hydrogen (secondary N) is 2. The average molecular weight is 1400 g/mol. The van der Waals surface area contributed by atoms with Gasteiger partial charge in [0.05, 0.1) is 38.5 Å². The van der Waals surface area contributed by atoms with Gasteiger partial charge in [-0.25, -0.2) is 14.4 Å². The van der Waals surface area contributed by atoms with Crippen molar-refractivity contribution in [1.29, 1.82) is 0 Å². The van der Waals surface area contributed by atoms with Crippen LogP contribution in [0.1, 0.15) is 46.0 Å². The molecule has 0 unspecified atom stereocenters. The quantitative estimate of drug-likeness (QED) is 0.0218. The molecule has 4 fully saturated rings. The van der Waals surface area contributed by atoms with Gasteiger partial charge < -0.3 is 82.7 Å². The molecule has 0 saturated carbocycles. The zero-order valence-electron chi connectivity index (χ0n) is 41.4. The fourth-order valence-corrected chi connectivity index (χ4v) is 7.45. The summed E-state index contributed by atoms with van der Waals surface area (Å²) in [5.41, 5.74) is 0. The number of carbonyl (C=O) groups is 9. The zero-order valence-corrected chi connectivity index (χ0v) is 47.9. The molecule has 26 nitrogen and oxygen atoms in total. The number of hydrogen-bond donors (Lipinski definition) is 2. The van der Waals surface area contributed by atoms with E-state index in [9.17, 15) is 43.2 Å². The van der Waals surface area contributed by atoms with Gasteiger partial charge in [-0.05, 0) is 0 Å².